The van der Waals surface area contributed by atoms with Gasteiger partial charge in [0.1, 0.15) is 54.6 Å². The van der Waals surface area contributed by atoms with Crippen molar-refractivity contribution in [1.29, 1.82) is 0 Å². The third-order valence-electron chi connectivity index (χ3n) is 20.5. The van der Waals surface area contributed by atoms with Crippen molar-refractivity contribution in [1.82, 2.24) is 65.8 Å². The molecule has 596 valence electrons. The molecule has 0 aliphatic carbocycles. The Labute approximate surface area is 624 Å². The lowest BCUT2D eigenvalue weighted by Gasteiger charge is -2.40. The summed E-state index contributed by atoms with van der Waals surface area (Å²) in [6.45, 7) is 25.1. The molecule has 11 amide bonds. The van der Waals surface area contributed by atoms with E-state index in [1.54, 1.807) is 69.9 Å². The van der Waals surface area contributed by atoms with Crippen LogP contribution in [0.2, 0.25) is 0 Å². The highest BCUT2D eigenvalue weighted by Crippen LogP contribution is 2.29. The van der Waals surface area contributed by atoms with Crippen LogP contribution in [0.1, 0.15) is 192 Å². The molecule has 3 saturated heterocycles. The van der Waals surface area contributed by atoms with Crippen LogP contribution in [-0.2, 0) is 63.9 Å². The Morgan fingerprint density at radius 3 is 1.65 bits per heavy atom. The van der Waals surface area contributed by atoms with Gasteiger partial charge in [-0.3, -0.25) is 58.1 Å². The van der Waals surface area contributed by atoms with Gasteiger partial charge in [0, 0.05) is 94.3 Å². The zero-order chi connectivity index (χ0) is 79.3. The van der Waals surface area contributed by atoms with Crippen molar-refractivity contribution in [2.75, 3.05) is 82.1 Å². The zero-order valence-corrected chi connectivity index (χ0v) is 67.0. The molecule has 4 rings (SSSR count). The Bertz CT molecular complexity index is 3040. The van der Waals surface area contributed by atoms with E-state index >= 15 is 28.8 Å². The Balaban J connectivity index is 1.94. The first-order valence-electron chi connectivity index (χ1n) is 38.1. The number of likely N-dealkylation sites (tertiary alicyclic amines) is 1. The van der Waals surface area contributed by atoms with E-state index in [1.807, 2.05) is 55.4 Å². The predicted octanol–water partition coefficient (Wildman–Crippen LogP) is 5.42. The van der Waals surface area contributed by atoms with E-state index in [9.17, 15) is 37.9 Å². The maximum atomic E-state index is 15.5. The molecule has 3 aliphatic rings. The highest BCUT2D eigenvalue weighted by molar-refractivity contribution is 5.98. The van der Waals surface area contributed by atoms with Crippen molar-refractivity contribution in [3.63, 3.8) is 0 Å². The monoisotopic (exact) mass is 1480 g/mol. The number of likely N-dealkylation sites (N-methyl/N-ethyl adjacent to an activating group) is 6. The standard InChI is InChI=1S/C77H131F2N13O13/c1-47(2)38-58-69(98)84-65(51(9)10)75(104)91(21)62(42-53-30-24-22-25-31-53)73(102)86(16)52(11)66(95)83-57(45-105-76(12,13)14)71(100)88(18)59(39-48(3)4)67(96)81-55(33-28-32-54-44-77(78,79)46-80-54)70(99)90(20)61(41-50(7)8)74(103)89(19)60(40-49(5)6)68(97)82-56(72(101)92-36-26-23-27-37-92)43-64(94)85(15)35-29-34-63(93)87(58)17/h22,24-25,30-31,47-52,54-62,65,67,80-81,96H,23,26-29,32-46H2,1-21H3,(H,82,97)(H,83,95)(H,84,98)/t52-,54+,55-,56-,57-,58-,59-,60-,61-,62-,65-,67?/m0/s1. The van der Waals surface area contributed by atoms with Crippen LogP contribution >= 0.6 is 0 Å². The second kappa shape index (κ2) is 41.4. The first kappa shape index (κ1) is 90.5. The minimum atomic E-state index is -2.94. The number of carbonyl (C=O) groups is 11. The highest BCUT2D eigenvalue weighted by atomic mass is 19.3. The number of hydrogen-bond acceptors (Lipinski definition) is 15. The summed E-state index contributed by atoms with van der Waals surface area (Å²) in [4.78, 5) is 175. The van der Waals surface area contributed by atoms with E-state index in [0.29, 0.717) is 31.5 Å². The highest BCUT2D eigenvalue weighted by Gasteiger charge is 2.45. The van der Waals surface area contributed by atoms with Crippen molar-refractivity contribution >= 4 is 65.0 Å². The van der Waals surface area contributed by atoms with Crippen LogP contribution < -0.4 is 26.6 Å². The Kier molecular flexibility index (Phi) is 35.7. The summed E-state index contributed by atoms with van der Waals surface area (Å²) in [7, 11) is 10.2. The van der Waals surface area contributed by atoms with Crippen LogP contribution in [0.4, 0.5) is 8.78 Å². The minimum absolute atomic E-state index is 0.0214. The molecule has 3 aliphatic heterocycles. The van der Waals surface area contributed by atoms with Crippen LogP contribution in [0.5, 0.6) is 0 Å². The molecule has 0 spiro atoms. The SMILES string of the molecule is CC(C)C[C@H]1C(=O)N[C@@H](C(C)C)C(=O)N(C)[C@@H](Cc2ccccc2)C(=O)N(C)[C@@H](C)C(=O)N[C@@H](COC(C)(C)C)C(=O)N(C)[C@@H](CC(C)C)C(O)N[C@@H](CCC[C@@H]2CC(F)(F)CN2)C(=O)N(C)[C@@H](CC(C)C)C(=O)N(C)[C@@H](CC(C)C)C(=O)N[C@H](C(=O)N2CCCCC2)CC(=O)N(C)CCCC(=O)N1C. The smallest absolute Gasteiger partial charge is 0.261 e. The van der Waals surface area contributed by atoms with Crippen LogP contribution in [0.25, 0.3) is 0 Å². The zero-order valence-electron chi connectivity index (χ0n) is 67.0. The fraction of sp³-hybridized carbons (Fsp3) is 0.779. The van der Waals surface area contributed by atoms with E-state index in [0.717, 1.165) is 6.42 Å². The number of piperidine rings is 1. The lowest BCUT2D eigenvalue weighted by Crippen LogP contribution is -2.63. The maximum absolute atomic E-state index is 15.5. The van der Waals surface area contributed by atoms with E-state index in [4.69, 9.17) is 4.74 Å². The molecule has 0 saturated carbocycles. The Morgan fingerprint density at radius 2 is 1.10 bits per heavy atom. The molecule has 26 nitrogen and oxygen atoms in total. The van der Waals surface area contributed by atoms with Crippen molar-refractivity contribution in [2.24, 2.45) is 29.6 Å². The molecule has 3 fully saturated rings. The molecular formula is C77H131F2N13O13. The van der Waals surface area contributed by atoms with Gasteiger partial charge in [-0.1, -0.05) is 99.6 Å². The predicted molar refractivity (Wildman–Crippen MR) is 399 cm³/mol. The lowest BCUT2D eigenvalue weighted by molar-refractivity contribution is -0.151. The summed E-state index contributed by atoms with van der Waals surface area (Å²) in [6.07, 6.45) is 0.609. The number of nitrogens with zero attached hydrogens (tertiary/aromatic N) is 8. The fourth-order valence-electron chi connectivity index (χ4n) is 13.8. The molecule has 1 aromatic rings. The van der Waals surface area contributed by atoms with Gasteiger partial charge in [0.2, 0.25) is 65.0 Å². The molecule has 12 atom stereocenters. The summed E-state index contributed by atoms with van der Waals surface area (Å²) < 4.78 is 35.3. The van der Waals surface area contributed by atoms with Gasteiger partial charge in [0.05, 0.1) is 37.3 Å². The molecule has 105 heavy (non-hydrogen) atoms. The van der Waals surface area contributed by atoms with E-state index < -0.39 is 174 Å². The number of alkyl halides is 2. The lowest BCUT2D eigenvalue weighted by atomic mass is 9.96. The van der Waals surface area contributed by atoms with Crippen LogP contribution in [0.3, 0.4) is 0 Å². The average molecular weight is 1480 g/mol. The number of nitrogens with one attached hydrogen (secondary N) is 5. The number of benzene rings is 1. The summed E-state index contributed by atoms with van der Waals surface area (Å²) in [5.74, 6) is -11.1. The first-order chi connectivity index (χ1) is 48.9. The van der Waals surface area contributed by atoms with Crippen molar-refractivity contribution in [2.45, 2.75) is 277 Å². The van der Waals surface area contributed by atoms with Gasteiger partial charge in [-0.15, -0.1) is 0 Å². The normalized spacial score (nSPS) is 27.4. The summed E-state index contributed by atoms with van der Waals surface area (Å²) in [6, 6.07) is -4.24. The molecule has 3 heterocycles. The quantitative estimate of drug-likeness (QED) is 0.107. The van der Waals surface area contributed by atoms with E-state index in [-0.39, 0.29) is 101 Å². The number of aliphatic hydroxyl groups excluding tert-OH is 1. The second-order valence-electron chi connectivity index (χ2n) is 32.8. The van der Waals surface area contributed by atoms with Gasteiger partial charge >= 0.3 is 0 Å². The fourth-order valence-corrected chi connectivity index (χ4v) is 13.8. The van der Waals surface area contributed by atoms with Crippen molar-refractivity contribution in [3.05, 3.63) is 35.9 Å². The largest absolute Gasteiger partial charge is 0.376 e. The molecule has 0 aromatic heterocycles. The topological polar surface area (TPSA) is 303 Å². The van der Waals surface area contributed by atoms with Gasteiger partial charge in [-0.25, -0.2) is 8.78 Å². The molecule has 0 radical (unpaired) electrons. The molecular weight excluding hydrogens is 1350 g/mol. The average Bonchev–Trinajstić information content (AvgIpc) is 1.13. The summed E-state index contributed by atoms with van der Waals surface area (Å²) in [5.41, 5.74) is -0.183. The number of amides is 11. The number of ether oxygens (including phenoxy) is 1. The molecule has 1 unspecified atom stereocenters. The number of aliphatic hydroxyl groups is 1. The molecule has 6 N–H and O–H groups in total. The van der Waals surface area contributed by atoms with Gasteiger partial charge in [-0.05, 0) is 133 Å². The van der Waals surface area contributed by atoms with Gasteiger partial charge in [-0.2, -0.15) is 0 Å². The molecule has 1 aromatic carbocycles. The Hall–Kier alpha value is -6.91. The van der Waals surface area contributed by atoms with E-state index in [2.05, 4.69) is 26.6 Å². The van der Waals surface area contributed by atoms with Gasteiger partial charge in [0.15, 0.2) is 0 Å². The second-order valence-corrected chi connectivity index (χ2v) is 32.8. The summed E-state index contributed by atoms with van der Waals surface area (Å²) in [5, 5.41) is 27.3. The maximum Gasteiger partial charge on any atom is 0.261 e. The van der Waals surface area contributed by atoms with Gasteiger partial charge in [0.25, 0.3) is 5.92 Å². The number of carbonyl (C=O) groups excluding carboxylic acids is 11. The number of halogens is 2. The van der Waals surface area contributed by atoms with E-state index in [1.165, 1.54) is 90.6 Å². The summed E-state index contributed by atoms with van der Waals surface area (Å²) >= 11 is 0. The van der Waals surface area contributed by atoms with Gasteiger partial charge < -0.3 is 70.3 Å². The van der Waals surface area contributed by atoms with Crippen LogP contribution in [-0.4, -0.2) is 276 Å². The minimum Gasteiger partial charge on any atom is -0.376 e. The molecule has 0 bridgehead atoms. The number of hydrogen-bond donors (Lipinski definition) is 6. The van der Waals surface area contributed by atoms with Crippen LogP contribution in [0.15, 0.2) is 30.3 Å². The number of rotatable bonds is 18. The Morgan fingerprint density at radius 1 is 0.581 bits per heavy atom. The first-order valence-corrected chi connectivity index (χ1v) is 38.1. The van der Waals surface area contributed by atoms with Crippen LogP contribution in [0, 0.1) is 29.6 Å². The molecule has 28 heteroatoms. The third-order valence-corrected chi connectivity index (χ3v) is 20.5. The van der Waals surface area contributed by atoms with Crippen molar-refractivity contribution in [3.8, 4) is 0 Å². The van der Waals surface area contributed by atoms with Crippen molar-refractivity contribution < 1.29 is 71.4 Å². The third kappa shape index (κ3) is 27.7.